The molecule has 0 amide bonds. The van der Waals surface area contributed by atoms with Crippen LogP contribution in [-0.4, -0.2) is 15.0 Å². The molecule has 0 aliphatic carbocycles. The van der Waals surface area contributed by atoms with E-state index in [9.17, 15) is 15.3 Å². The van der Waals surface area contributed by atoms with E-state index in [2.05, 4.69) is 25.6 Å². The number of hydrogen-bond donors (Lipinski definition) is 2. The number of rotatable bonds is 6. The molecule has 0 saturated carbocycles. The molecule has 11 nitrogen and oxygen atoms in total. The molecule has 4 aromatic rings. The monoisotopic (exact) mass is 464 g/mol. The Morgan fingerprint density at radius 1 is 0.733 bits per heavy atom. The van der Waals surface area contributed by atoms with E-state index in [1.165, 1.54) is 47.7 Å². The molecular formula is C16H16N8O3S3. The largest absolute Gasteiger partial charge is 0.822 e. The summed E-state index contributed by atoms with van der Waals surface area (Å²) in [5.41, 5.74) is 5.04. The summed E-state index contributed by atoms with van der Waals surface area (Å²) in [5, 5.41) is 43.0. The SMILES string of the molecule is C[n+]1csc(Cc2nc(Nc3sc[n+](C)c3[O-])nc(Nc3sc[n+](C)c3[O-])n2)c1[O-]. The standard InChI is InChI=1S/C16H16N8O3S3/c1-22-5-28-8(12(22)25)4-9-17-15(19-10-13(26)23(2)6-29-10)21-16(18-9)20-11-14(27)24(3)7-30-11/h5-7H,4H2,1-3H3,(H2-3,17,18,19,20,21,25,26,27). The number of thiazole rings is 3. The zero-order valence-electron chi connectivity index (χ0n) is 16.1. The second kappa shape index (κ2) is 7.97. The van der Waals surface area contributed by atoms with Crippen LogP contribution in [0.4, 0.5) is 21.9 Å². The minimum Gasteiger partial charge on any atom is -0.822 e. The first-order valence-electron chi connectivity index (χ1n) is 8.52. The van der Waals surface area contributed by atoms with Gasteiger partial charge in [0, 0.05) is 6.42 Å². The Morgan fingerprint density at radius 3 is 1.60 bits per heavy atom. The van der Waals surface area contributed by atoms with Crippen molar-refractivity contribution in [3.05, 3.63) is 27.2 Å². The maximum absolute atomic E-state index is 12.2. The number of aryl methyl sites for hydroxylation is 3. The van der Waals surface area contributed by atoms with Crippen molar-refractivity contribution in [2.24, 2.45) is 21.1 Å². The van der Waals surface area contributed by atoms with Crippen LogP contribution in [0.15, 0.2) is 16.5 Å². The Hall–Kier alpha value is -3.10. The predicted octanol–water partition coefficient (Wildman–Crippen LogP) is -1.17. The van der Waals surface area contributed by atoms with Gasteiger partial charge in [0.15, 0.2) is 27.6 Å². The van der Waals surface area contributed by atoms with Gasteiger partial charge in [-0.2, -0.15) is 15.0 Å². The van der Waals surface area contributed by atoms with Gasteiger partial charge in [0.1, 0.15) is 27.0 Å². The molecule has 0 bridgehead atoms. The number of nitrogens with one attached hydrogen (secondary N) is 2. The van der Waals surface area contributed by atoms with Crippen LogP contribution in [0.25, 0.3) is 0 Å². The molecule has 0 aliphatic heterocycles. The fraction of sp³-hybridized carbons (Fsp3) is 0.250. The lowest BCUT2D eigenvalue weighted by atomic mass is 10.3. The molecule has 4 aromatic heterocycles. The average molecular weight is 465 g/mol. The van der Waals surface area contributed by atoms with Gasteiger partial charge in [-0.05, 0) is 0 Å². The Kier molecular flexibility index (Phi) is 5.36. The normalized spacial score (nSPS) is 11.0. The molecule has 0 spiro atoms. The second-order valence-corrected chi connectivity index (χ2v) is 8.97. The number of aromatic nitrogens is 6. The second-order valence-electron chi connectivity index (χ2n) is 6.33. The van der Waals surface area contributed by atoms with Crippen molar-refractivity contribution in [3.63, 3.8) is 0 Å². The maximum Gasteiger partial charge on any atom is 0.233 e. The van der Waals surface area contributed by atoms with Crippen LogP contribution in [0.2, 0.25) is 0 Å². The van der Waals surface area contributed by atoms with Crippen molar-refractivity contribution < 1.29 is 29.0 Å². The van der Waals surface area contributed by atoms with Gasteiger partial charge in [-0.3, -0.25) is 0 Å². The lowest BCUT2D eigenvalue weighted by Gasteiger charge is -2.10. The molecule has 0 radical (unpaired) electrons. The molecule has 0 fully saturated rings. The van der Waals surface area contributed by atoms with E-state index < -0.39 is 0 Å². The van der Waals surface area contributed by atoms with Crippen molar-refractivity contribution in [2.45, 2.75) is 6.42 Å². The molecule has 0 atom stereocenters. The quantitative estimate of drug-likeness (QED) is 0.340. The molecule has 0 unspecified atom stereocenters. The van der Waals surface area contributed by atoms with Gasteiger partial charge >= 0.3 is 0 Å². The Labute approximate surface area is 182 Å². The third kappa shape index (κ3) is 3.96. The number of anilines is 4. The van der Waals surface area contributed by atoms with Crippen molar-refractivity contribution in [1.82, 2.24) is 15.0 Å². The van der Waals surface area contributed by atoms with Crippen LogP contribution < -0.4 is 39.7 Å². The summed E-state index contributed by atoms with van der Waals surface area (Å²) in [4.78, 5) is 13.6. The Morgan fingerprint density at radius 2 is 1.20 bits per heavy atom. The number of hydrogen-bond acceptors (Lipinski definition) is 11. The molecule has 0 aromatic carbocycles. The van der Waals surface area contributed by atoms with Crippen LogP contribution >= 0.6 is 34.0 Å². The summed E-state index contributed by atoms with van der Waals surface area (Å²) in [6, 6.07) is 0. The molecule has 156 valence electrons. The van der Waals surface area contributed by atoms with Crippen LogP contribution in [-0.2, 0) is 27.6 Å². The molecular weight excluding hydrogens is 448 g/mol. The van der Waals surface area contributed by atoms with E-state index in [1.807, 2.05) is 0 Å². The van der Waals surface area contributed by atoms with Gasteiger partial charge in [-0.25, -0.2) is 13.7 Å². The molecule has 0 aliphatic rings. The van der Waals surface area contributed by atoms with Gasteiger partial charge in [0.25, 0.3) is 0 Å². The summed E-state index contributed by atoms with van der Waals surface area (Å²) >= 11 is 3.75. The minimum atomic E-state index is -0.212. The van der Waals surface area contributed by atoms with E-state index in [0.717, 1.165) is 0 Å². The third-order valence-electron chi connectivity index (χ3n) is 4.05. The summed E-state index contributed by atoms with van der Waals surface area (Å²) in [6.45, 7) is 0. The molecule has 30 heavy (non-hydrogen) atoms. The smallest absolute Gasteiger partial charge is 0.233 e. The van der Waals surface area contributed by atoms with Gasteiger partial charge in [-0.1, -0.05) is 34.0 Å². The fourth-order valence-corrected chi connectivity index (χ4v) is 4.81. The number of nitrogens with zero attached hydrogens (tertiary/aromatic N) is 6. The van der Waals surface area contributed by atoms with Crippen LogP contribution in [0, 0.1) is 0 Å². The predicted molar refractivity (Wildman–Crippen MR) is 104 cm³/mol. The van der Waals surface area contributed by atoms with E-state index in [4.69, 9.17) is 0 Å². The van der Waals surface area contributed by atoms with Crippen LogP contribution in [0.1, 0.15) is 10.7 Å². The molecule has 4 heterocycles. The topological polar surface area (TPSA) is 144 Å². The highest BCUT2D eigenvalue weighted by Gasteiger charge is 2.17. The van der Waals surface area contributed by atoms with Gasteiger partial charge in [0.2, 0.25) is 28.4 Å². The Balaban J connectivity index is 1.70. The fourth-order valence-electron chi connectivity index (χ4n) is 2.46. The van der Waals surface area contributed by atoms with Crippen LogP contribution in [0.3, 0.4) is 0 Å². The van der Waals surface area contributed by atoms with E-state index >= 15 is 0 Å². The lowest BCUT2D eigenvalue weighted by molar-refractivity contribution is -0.709. The summed E-state index contributed by atoms with van der Waals surface area (Å²) in [6.07, 6.45) is 0.196. The van der Waals surface area contributed by atoms with Crippen molar-refractivity contribution >= 4 is 55.9 Å². The zero-order valence-corrected chi connectivity index (χ0v) is 18.5. The van der Waals surface area contributed by atoms with E-state index in [0.29, 0.717) is 20.7 Å². The van der Waals surface area contributed by atoms with Crippen molar-refractivity contribution in [3.8, 4) is 17.6 Å². The first-order chi connectivity index (χ1) is 14.3. The highest BCUT2D eigenvalue weighted by molar-refractivity contribution is 7.14. The van der Waals surface area contributed by atoms with E-state index in [-0.39, 0.29) is 36.0 Å². The first kappa shape index (κ1) is 20.2. The highest BCUT2D eigenvalue weighted by Crippen LogP contribution is 2.28. The summed E-state index contributed by atoms with van der Waals surface area (Å²) in [7, 11) is 4.97. The third-order valence-corrected chi connectivity index (χ3v) is 6.94. The molecule has 2 N–H and O–H groups in total. The zero-order chi connectivity index (χ0) is 21.4. The van der Waals surface area contributed by atoms with Gasteiger partial charge in [-0.15, -0.1) is 0 Å². The lowest BCUT2D eigenvalue weighted by Crippen LogP contribution is -2.29. The first-order valence-corrected chi connectivity index (χ1v) is 11.2. The van der Waals surface area contributed by atoms with Crippen molar-refractivity contribution in [2.75, 3.05) is 10.6 Å². The van der Waals surface area contributed by atoms with Crippen molar-refractivity contribution in [1.29, 1.82) is 0 Å². The van der Waals surface area contributed by atoms with Crippen LogP contribution in [0.5, 0.6) is 17.6 Å². The Bertz CT molecular complexity index is 1060. The van der Waals surface area contributed by atoms with Gasteiger partial charge < -0.3 is 26.0 Å². The van der Waals surface area contributed by atoms with E-state index in [1.54, 1.807) is 37.7 Å². The maximum atomic E-state index is 12.2. The summed E-state index contributed by atoms with van der Waals surface area (Å²) in [5.74, 6) is 0.0686. The average Bonchev–Trinajstić information content (AvgIpc) is 3.32. The molecule has 0 saturated heterocycles. The highest BCUT2D eigenvalue weighted by atomic mass is 32.1. The molecule has 14 heteroatoms. The molecule has 4 rings (SSSR count). The van der Waals surface area contributed by atoms with Gasteiger partial charge in [0.05, 0.1) is 4.88 Å². The minimum absolute atomic E-state index is 0.122. The summed E-state index contributed by atoms with van der Waals surface area (Å²) < 4.78 is 4.38.